The molecule has 1 N–H and O–H groups in total. The zero-order valence-corrected chi connectivity index (χ0v) is 17.2. The van der Waals surface area contributed by atoms with Gasteiger partial charge in [0.2, 0.25) is 5.91 Å². The number of fused-ring (bicyclic) bond motifs is 1. The van der Waals surface area contributed by atoms with Crippen molar-refractivity contribution in [1.82, 2.24) is 5.32 Å². The molecule has 1 aliphatic rings. The summed E-state index contributed by atoms with van der Waals surface area (Å²) in [5, 5.41) is 2.81. The SMILES string of the molecule is C[C@H](OC(=O)CN1C(=O)CCOc2ccccc21)C(=O)NC[C@@H](C)c1ccccc1. The third-order valence-corrected chi connectivity index (χ3v) is 4.95. The lowest BCUT2D eigenvalue weighted by Crippen LogP contribution is -2.41. The van der Waals surface area contributed by atoms with Gasteiger partial charge in [-0.1, -0.05) is 49.4 Å². The lowest BCUT2D eigenvalue weighted by molar-refractivity contribution is -0.153. The van der Waals surface area contributed by atoms with E-state index in [1.54, 1.807) is 24.3 Å². The van der Waals surface area contributed by atoms with Gasteiger partial charge in [-0.3, -0.25) is 19.3 Å². The van der Waals surface area contributed by atoms with Crippen molar-refractivity contribution in [3.8, 4) is 5.75 Å². The molecule has 0 radical (unpaired) electrons. The van der Waals surface area contributed by atoms with Gasteiger partial charge in [0.1, 0.15) is 12.3 Å². The largest absolute Gasteiger partial charge is 0.491 e. The number of carbonyl (C=O) groups excluding carboxylic acids is 3. The van der Waals surface area contributed by atoms with E-state index in [0.717, 1.165) is 5.56 Å². The summed E-state index contributed by atoms with van der Waals surface area (Å²) in [5.74, 6) is -0.595. The molecule has 1 heterocycles. The minimum Gasteiger partial charge on any atom is -0.491 e. The quantitative estimate of drug-likeness (QED) is 0.710. The Kier molecular flexibility index (Phi) is 7.06. The number of amides is 2. The van der Waals surface area contributed by atoms with Gasteiger partial charge < -0.3 is 14.8 Å². The highest BCUT2D eigenvalue weighted by Gasteiger charge is 2.27. The summed E-state index contributed by atoms with van der Waals surface area (Å²) in [5.41, 5.74) is 1.63. The average Bonchev–Trinajstić information content (AvgIpc) is 2.91. The summed E-state index contributed by atoms with van der Waals surface area (Å²) >= 11 is 0. The van der Waals surface area contributed by atoms with E-state index in [-0.39, 0.29) is 37.3 Å². The van der Waals surface area contributed by atoms with Crippen LogP contribution >= 0.6 is 0 Å². The maximum absolute atomic E-state index is 12.4. The first-order chi connectivity index (χ1) is 14.5. The summed E-state index contributed by atoms with van der Waals surface area (Å²) in [7, 11) is 0. The van der Waals surface area contributed by atoms with Gasteiger partial charge in [0.05, 0.1) is 18.7 Å². The van der Waals surface area contributed by atoms with Crippen molar-refractivity contribution in [2.75, 3.05) is 24.6 Å². The molecule has 0 spiro atoms. The molecule has 158 valence electrons. The van der Waals surface area contributed by atoms with Gasteiger partial charge in [-0.05, 0) is 30.5 Å². The fourth-order valence-electron chi connectivity index (χ4n) is 3.21. The number of nitrogens with zero attached hydrogens (tertiary/aromatic N) is 1. The van der Waals surface area contributed by atoms with E-state index >= 15 is 0 Å². The molecule has 30 heavy (non-hydrogen) atoms. The van der Waals surface area contributed by atoms with E-state index in [1.807, 2.05) is 37.3 Å². The van der Waals surface area contributed by atoms with Gasteiger partial charge in [0.15, 0.2) is 6.10 Å². The normalized spacial score (nSPS) is 15.3. The number of ether oxygens (including phenoxy) is 2. The number of nitrogens with one attached hydrogen (secondary N) is 1. The average molecular weight is 410 g/mol. The van der Waals surface area contributed by atoms with Crippen molar-refractivity contribution in [2.45, 2.75) is 32.3 Å². The third-order valence-electron chi connectivity index (χ3n) is 4.95. The Morgan fingerprint density at radius 3 is 2.57 bits per heavy atom. The topological polar surface area (TPSA) is 84.9 Å². The Labute approximate surface area is 176 Å². The van der Waals surface area contributed by atoms with E-state index in [4.69, 9.17) is 9.47 Å². The van der Waals surface area contributed by atoms with E-state index in [2.05, 4.69) is 5.32 Å². The molecule has 3 rings (SSSR count). The highest BCUT2D eigenvalue weighted by molar-refractivity contribution is 5.99. The van der Waals surface area contributed by atoms with Crippen LogP contribution in [0, 0.1) is 0 Å². The lowest BCUT2D eigenvalue weighted by Gasteiger charge is -2.22. The van der Waals surface area contributed by atoms with Crippen molar-refractivity contribution in [2.24, 2.45) is 0 Å². The monoisotopic (exact) mass is 410 g/mol. The standard InChI is InChI=1S/C23H26N2O5/c1-16(18-8-4-3-5-9-18)14-24-23(28)17(2)30-22(27)15-25-19-10-6-7-11-20(19)29-13-12-21(25)26/h3-11,16-17H,12-15H2,1-2H3,(H,24,28)/t16-,17+/m1/s1. The minimum atomic E-state index is -0.964. The number of anilines is 1. The molecular weight excluding hydrogens is 384 g/mol. The molecule has 2 aromatic carbocycles. The van der Waals surface area contributed by atoms with Crippen molar-refractivity contribution < 1.29 is 23.9 Å². The molecule has 1 aliphatic heterocycles. The van der Waals surface area contributed by atoms with Gasteiger partial charge in [-0.2, -0.15) is 0 Å². The second-order valence-corrected chi connectivity index (χ2v) is 7.24. The molecule has 7 nitrogen and oxygen atoms in total. The molecule has 0 aromatic heterocycles. The number of carbonyl (C=O) groups is 3. The second kappa shape index (κ2) is 9.91. The highest BCUT2D eigenvalue weighted by Crippen LogP contribution is 2.30. The minimum absolute atomic E-state index is 0.129. The van der Waals surface area contributed by atoms with E-state index in [9.17, 15) is 14.4 Å². The fourth-order valence-corrected chi connectivity index (χ4v) is 3.21. The van der Waals surface area contributed by atoms with E-state index in [1.165, 1.54) is 11.8 Å². The Hall–Kier alpha value is -3.35. The summed E-state index contributed by atoms with van der Waals surface area (Å²) in [6.45, 7) is 3.93. The Morgan fingerprint density at radius 2 is 1.80 bits per heavy atom. The molecule has 0 bridgehead atoms. The number of rotatable bonds is 7. The maximum atomic E-state index is 12.4. The van der Waals surface area contributed by atoms with Crippen LogP contribution in [0.3, 0.4) is 0 Å². The lowest BCUT2D eigenvalue weighted by atomic mass is 10.0. The highest BCUT2D eigenvalue weighted by atomic mass is 16.5. The third kappa shape index (κ3) is 5.37. The predicted molar refractivity (Wildman–Crippen MR) is 112 cm³/mol. The number of para-hydroxylation sites is 2. The fraction of sp³-hybridized carbons (Fsp3) is 0.348. The second-order valence-electron chi connectivity index (χ2n) is 7.24. The molecular formula is C23H26N2O5. The van der Waals surface area contributed by atoms with Crippen LogP contribution < -0.4 is 15.0 Å². The summed E-state index contributed by atoms with van der Waals surface area (Å²) in [6.07, 6.45) is -0.802. The van der Waals surface area contributed by atoms with Gasteiger partial charge in [-0.25, -0.2) is 0 Å². The van der Waals surface area contributed by atoms with Crippen LogP contribution in [-0.2, 0) is 19.1 Å². The first-order valence-corrected chi connectivity index (χ1v) is 10.00. The summed E-state index contributed by atoms with van der Waals surface area (Å²) in [4.78, 5) is 38.5. The molecule has 2 amide bonds. The van der Waals surface area contributed by atoms with Crippen molar-refractivity contribution in [1.29, 1.82) is 0 Å². The predicted octanol–water partition coefficient (Wildman–Crippen LogP) is 2.65. The first kappa shape index (κ1) is 21.4. The van der Waals surface area contributed by atoms with Crippen LogP contribution in [0.1, 0.15) is 31.7 Å². The van der Waals surface area contributed by atoms with Crippen LogP contribution in [0.2, 0.25) is 0 Å². The van der Waals surface area contributed by atoms with Crippen LogP contribution in [0.4, 0.5) is 5.69 Å². The molecule has 0 unspecified atom stereocenters. The van der Waals surface area contributed by atoms with Crippen molar-refractivity contribution in [3.05, 3.63) is 60.2 Å². The number of hydrogen-bond donors (Lipinski definition) is 1. The maximum Gasteiger partial charge on any atom is 0.326 e. The van der Waals surface area contributed by atoms with Crippen LogP contribution in [0.25, 0.3) is 0 Å². The molecule has 2 atom stereocenters. The van der Waals surface area contributed by atoms with E-state index < -0.39 is 12.1 Å². The number of benzene rings is 2. The first-order valence-electron chi connectivity index (χ1n) is 10.00. The zero-order valence-electron chi connectivity index (χ0n) is 17.2. The molecule has 0 saturated carbocycles. The van der Waals surface area contributed by atoms with Crippen LogP contribution in [0.5, 0.6) is 5.75 Å². The molecule has 7 heteroatoms. The van der Waals surface area contributed by atoms with Gasteiger partial charge in [-0.15, -0.1) is 0 Å². The Balaban J connectivity index is 1.54. The van der Waals surface area contributed by atoms with Gasteiger partial charge in [0.25, 0.3) is 5.91 Å². The molecule has 0 fully saturated rings. The smallest absolute Gasteiger partial charge is 0.326 e. The number of hydrogen-bond acceptors (Lipinski definition) is 5. The van der Waals surface area contributed by atoms with Crippen LogP contribution in [0.15, 0.2) is 54.6 Å². The Bertz CT molecular complexity index is 899. The Morgan fingerprint density at radius 1 is 1.10 bits per heavy atom. The van der Waals surface area contributed by atoms with Gasteiger partial charge in [0, 0.05) is 6.54 Å². The molecule has 0 aliphatic carbocycles. The van der Waals surface area contributed by atoms with Crippen molar-refractivity contribution >= 4 is 23.5 Å². The van der Waals surface area contributed by atoms with Crippen molar-refractivity contribution in [3.63, 3.8) is 0 Å². The summed E-state index contributed by atoms with van der Waals surface area (Å²) < 4.78 is 10.8. The van der Waals surface area contributed by atoms with E-state index in [0.29, 0.717) is 18.0 Å². The van der Waals surface area contributed by atoms with Gasteiger partial charge >= 0.3 is 5.97 Å². The van der Waals surface area contributed by atoms with Crippen LogP contribution in [-0.4, -0.2) is 43.6 Å². The summed E-state index contributed by atoms with van der Waals surface area (Å²) in [6, 6.07) is 16.9. The molecule has 0 saturated heterocycles. The molecule has 2 aromatic rings. The number of esters is 1. The zero-order chi connectivity index (χ0) is 21.5.